The molecule has 0 unspecified atom stereocenters. The highest BCUT2D eigenvalue weighted by molar-refractivity contribution is 6.20. The van der Waals surface area contributed by atoms with Crippen LogP contribution in [0.5, 0.6) is 0 Å². The smallest absolute Gasteiger partial charge is 0.231 e. The number of amides is 1. The highest BCUT2D eigenvalue weighted by Gasteiger charge is 2.20. The van der Waals surface area contributed by atoms with E-state index < -0.39 is 0 Å². The van der Waals surface area contributed by atoms with Gasteiger partial charge in [-0.3, -0.25) is 9.69 Å². The lowest BCUT2D eigenvalue weighted by molar-refractivity contribution is -0.118. The lowest BCUT2D eigenvalue weighted by Gasteiger charge is -2.10. The minimum absolute atomic E-state index is 0.208. The summed E-state index contributed by atoms with van der Waals surface area (Å²) in [5.74, 6) is -0.272. The molecule has 1 aliphatic heterocycles. The van der Waals surface area contributed by atoms with Gasteiger partial charge < -0.3 is 5.73 Å². The molecule has 1 atom stereocenters. The molecule has 0 aromatic heterocycles. The zero-order chi connectivity index (χ0) is 7.56. The number of nitrogens with zero attached hydrogens (tertiary/aromatic N) is 1. The van der Waals surface area contributed by atoms with E-state index in [0.29, 0.717) is 6.54 Å². The maximum atomic E-state index is 10.4. The summed E-state index contributed by atoms with van der Waals surface area (Å²) >= 11 is 5.80. The van der Waals surface area contributed by atoms with Crippen LogP contribution in [0.15, 0.2) is 0 Å². The van der Waals surface area contributed by atoms with Gasteiger partial charge in [0.1, 0.15) is 0 Å². The Labute approximate surface area is 65.1 Å². The van der Waals surface area contributed by atoms with Gasteiger partial charge in [-0.15, -0.1) is 11.6 Å². The first-order chi connectivity index (χ1) is 4.68. The van der Waals surface area contributed by atoms with Crippen molar-refractivity contribution in [3.63, 3.8) is 0 Å². The topological polar surface area (TPSA) is 46.3 Å². The van der Waals surface area contributed by atoms with E-state index >= 15 is 0 Å². The molecule has 1 heterocycles. The van der Waals surface area contributed by atoms with Crippen molar-refractivity contribution in [3.05, 3.63) is 0 Å². The molecule has 58 valence electrons. The van der Waals surface area contributed by atoms with Gasteiger partial charge in [0, 0.05) is 18.5 Å². The molecule has 0 spiro atoms. The Hall–Kier alpha value is -0.280. The van der Waals surface area contributed by atoms with Gasteiger partial charge in [0.25, 0.3) is 0 Å². The summed E-state index contributed by atoms with van der Waals surface area (Å²) in [5.41, 5.74) is 4.99. The Kier molecular flexibility index (Phi) is 2.51. The van der Waals surface area contributed by atoms with Crippen LogP contribution in [0.2, 0.25) is 0 Å². The molecule has 0 radical (unpaired) electrons. The third kappa shape index (κ3) is 2.15. The summed E-state index contributed by atoms with van der Waals surface area (Å²) in [5, 5.41) is 0.208. The number of nitrogens with two attached hydrogens (primary N) is 1. The van der Waals surface area contributed by atoms with Gasteiger partial charge in [-0.1, -0.05) is 0 Å². The number of hydrogen-bond acceptors (Lipinski definition) is 2. The summed E-state index contributed by atoms with van der Waals surface area (Å²) in [7, 11) is 0. The van der Waals surface area contributed by atoms with Crippen LogP contribution in [0.25, 0.3) is 0 Å². The van der Waals surface area contributed by atoms with Crippen LogP contribution in [0.3, 0.4) is 0 Å². The predicted molar refractivity (Wildman–Crippen MR) is 39.9 cm³/mol. The first-order valence-electron chi connectivity index (χ1n) is 3.33. The van der Waals surface area contributed by atoms with Crippen LogP contribution in [0, 0.1) is 0 Å². The van der Waals surface area contributed by atoms with E-state index in [0.717, 1.165) is 19.5 Å². The Bertz CT molecular complexity index is 140. The van der Waals surface area contributed by atoms with Crippen molar-refractivity contribution in [2.75, 3.05) is 19.6 Å². The second-order valence-electron chi connectivity index (χ2n) is 2.59. The molecule has 2 N–H and O–H groups in total. The number of halogens is 1. The van der Waals surface area contributed by atoms with Crippen LogP contribution < -0.4 is 5.73 Å². The average molecular weight is 163 g/mol. The highest BCUT2D eigenvalue weighted by atomic mass is 35.5. The number of carbonyl (C=O) groups is 1. The van der Waals surface area contributed by atoms with E-state index in [1.165, 1.54) is 0 Å². The lowest BCUT2D eigenvalue weighted by atomic mass is 10.4. The fraction of sp³-hybridized carbons (Fsp3) is 0.833. The lowest BCUT2D eigenvalue weighted by Crippen LogP contribution is -2.32. The molecule has 0 aromatic carbocycles. The van der Waals surface area contributed by atoms with Gasteiger partial charge in [0.05, 0.1) is 6.54 Å². The van der Waals surface area contributed by atoms with Crippen LogP contribution in [0.4, 0.5) is 0 Å². The van der Waals surface area contributed by atoms with Crippen molar-refractivity contribution < 1.29 is 4.79 Å². The number of alkyl halides is 1. The molecule has 10 heavy (non-hydrogen) atoms. The van der Waals surface area contributed by atoms with E-state index in [-0.39, 0.29) is 11.3 Å². The van der Waals surface area contributed by atoms with Crippen LogP contribution in [-0.2, 0) is 4.79 Å². The van der Waals surface area contributed by atoms with Gasteiger partial charge in [0.15, 0.2) is 0 Å². The number of likely N-dealkylation sites (tertiary alicyclic amines) is 1. The SMILES string of the molecule is NC(=O)CN1CC[C@@H](Cl)C1. The van der Waals surface area contributed by atoms with Gasteiger partial charge in [-0.25, -0.2) is 0 Å². The number of primary amides is 1. The van der Waals surface area contributed by atoms with E-state index in [2.05, 4.69) is 0 Å². The summed E-state index contributed by atoms with van der Waals surface area (Å²) in [4.78, 5) is 12.4. The maximum absolute atomic E-state index is 10.4. The van der Waals surface area contributed by atoms with Crippen LogP contribution in [0.1, 0.15) is 6.42 Å². The van der Waals surface area contributed by atoms with Crippen molar-refractivity contribution in [1.29, 1.82) is 0 Å². The predicted octanol–water partition coefficient (Wildman–Crippen LogP) is -0.215. The van der Waals surface area contributed by atoms with Gasteiger partial charge in [-0.2, -0.15) is 0 Å². The fourth-order valence-corrected chi connectivity index (χ4v) is 1.44. The van der Waals surface area contributed by atoms with Crippen LogP contribution >= 0.6 is 11.6 Å². The van der Waals surface area contributed by atoms with Gasteiger partial charge in [0.2, 0.25) is 5.91 Å². The molecule has 1 amide bonds. The molecule has 0 saturated carbocycles. The standard InChI is InChI=1S/C6H11ClN2O/c7-5-1-2-9(3-5)4-6(8)10/h5H,1-4H2,(H2,8,10)/t5-/m1/s1. The molecule has 0 aliphatic carbocycles. The number of hydrogen-bond donors (Lipinski definition) is 1. The van der Waals surface area contributed by atoms with Crippen LogP contribution in [-0.4, -0.2) is 35.8 Å². The molecule has 0 aromatic rings. The molecule has 3 nitrogen and oxygen atoms in total. The van der Waals surface area contributed by atoms with Gasteiger partial charge >= 0.3 is 0 Å². The van der Waals surface area contributed by atoms with Crippen molar-refractivity contribution in [3.8, 4) is 0 Å². The average Bonchev–Trinajstić information content (AvgIpc) is 2.13. The second-order valence-corrected chi connectivity index (χ2v) is 3.20. The van der Waals surface area contributed by atoms with Crippen molar-refractivity contribution in [2.24, 2.45) is 5.73 Å². The molecule has 1 aliphatic rings. The largest absolute Gasteiger partial charge is 0.369 e. The third-order valence-corrected chi connectivity index (χ3v) is 1.95. The molecule has 1 saturated heterocycles. The van der Waals surface area contributed by atoms with E-state index in [1.54, 1.807) is 0 Å². The number of carbonyl (C=O) groups excluding carboxylic acids is 1. The Morgan fingerprint density at radius 3 is 2.90 bits per heavy atom. The molecular weight excluding hydrogens is 152 g/mol. The molecule has 1 rings (SSSR count). The first-order valence-corrected chi connectivity index (χ1v) is 3.77. The van der Waals surface area contributed by atoms with Gasteiger partial charge in [-0.05, 0) is 6.42 Å². The summed E-state index contributed by atoms with van der Waals surface area (Å²) in [6, 6.07) is 0. The molecule has 1 fully saturated rings. The van der Waals surface area contributed by atoms with E-state index in [1.807, 2.05) is 4.90 Å². The zero-order valence-electron chi connectivity index (χ0n) is 5.72. The molecular formula is C6H11ClN2O. The quantitative estimate of drug-likeness (QED) is 0.571. The Balaban J connectivity index is 2.24. The van der Waals surface area contributed by atoms with Crippen molar-refractivity contribution in [1.82, 2.24) is 4.90 Å². The maximum Gasteiger partial charge on any atom is 0.231 e. The Morgan fingerprint density at radius 1 is 1.80 bits per heavy atom. The molecule has 0 bridgehead atoms. The van der Waals surface area contributed by atoms with Crippen molar-refractivity contribution >= 4 is 17.5 Å². The fourth-order valence-electron chi connectivity index (χ4n) is 1.15. The second kappa shape index (κ2) is 3.21. The zero-order valence-corrected chi connectivity index (χ0v) is 6.47. The monoisotopic (exact) mass is 162 g/mol. The minimum atomic E-state index is -0.272. The van der Waals surface area contributed by atoms with E-state index in [9.17, 15) is 4.79 Å². The normalized spacial score (nSPS) is 27.1. The summed E-state index contributed by atoms with van der Waals surface area (Å²) in [6.07, 6.45) is 0.967. The molecule has 4 heteroatoms. The minimum Gasteiger partial charge on any atom is -0.369 e. The Morgan fingerprint density at radius 2 is 2.50 bits per heavy atom. The summed E-state index contributed by atoms with van der Waals surface area (Å²) < 4.78 is 0. The first kappa shape index (κ1) is 7.82. The summed E-state index contributed by atoms with van der Waals surface area (Å²) in [6.45, 7) is 2.05. The van der Waals surface area contributed by atoms with E-state index in [4.69, 9.17) is 17.3 Å². The number of rotatable bonds is 2. The third-order valence-electron chi connectivity index (χ3n) is 1.59. The van der Waals surface area contributed by atoms with Crippen molar-refractivity contribution in [2.45, 2.75) is 11.8 Å². The highest BCUT2D eigenvalue weighted by Crippen LogP contribution is 2.13.